The highest BCUT2D eigenvalue weighted by atomic mass is 127. The normalized spacial score (nSPS) is 11.6. The van der Waals surface area contributed by atoms with Gasteiger partial charge < -0.3 is 0 Å². The molecule has 2 aromatic carbocycles. The highest BCUT2D eigenvalue weighted by Gasteiger charge is 2.27. The second kappa shape index (κ2) is 5.71. The van der Waals surface area contributed by atoms with Crippen LogP contribution in [0.3, 0.4) is 0 Å². The molecule has 0 saturated carbocycles. The lowest BCUT2D eigenvalue weighted by Gasteiger charge is -2.10. The monoisotopic (exact) mass is 395 g/mol. The van der Waals surface area contributed by atoms with Gasteiger partial charge in [-0.15, -0.1) is 0 Å². The highest BCUT2D eigenvalue weighted by molar-refractivity contribution is 14.1. The van der Waals surface area contributed by atoms with Gasteiger partial charge in [0, 0.05) is 14.7 Å². The van der Waals surface area contributed by atoms with Crippen molar-refractivity contribution in [3.63, 3.8) is 0 Å². The zero-order valence-corrected chi connectivity index (χ0v) is 12.5. The summed E-state index contributed by atoms with van der Waals surface area (Å²) in [6.07, 6.45) is -5.13. The standard InChI is InChI=1S/C14H8ClF3I/c15-11-4-5-13(19)12(7-11)10-3-1-2-9(6-10)8-14(16,17)18/h1-3,5-7H,8H2. The van der Waals surface area contributed by atoms with Crippen molar-refractivity contribution in [2.75, 3.05) is 0 Å². The van der Waals surface area contributed by atoms with Crippen LogP contribution in [-0.2, 0) is 6.42 Å². The van der Waals surface area contributed by atoms with E-state index in [2.05, 4.69) is 28.7 Å². The first-order chi connectivity index (χ1) is 8.85. The third-order valence-electron chi connectivity index (χ3n) is 2.51. The van der Waals surface area contributed by atoms with E-state index in [0.717, 1.165) is 14.7 Å². The van der Waals surface area contributed by atoms with Gasteiger partial charge in [-0.1, -0.05) is 35.9 Å². The molecule has 0 saturated heterocycles. The highest BCUT2D eigenvalue weighted by Crippen LogP contribution is 2.30. The molecule has 5 heteroatoms. The minimum absolute atomic E-state index is 0.241. The number of hydrogen-bond donors (Lipinski definition) is 0. The lowest BCUT2D eigenvalue weighted by atomic mass is 10.0. The molecule has 0 nitrogen and oxygen atoms in total. The second-order valence-electron chi connectivity index (χ2n) is 4.03. The molecule has 0 aliphatic carbocycles. The van der Waals surface area contributed by atoms with Gasteiger partial charge in [0.2, 0.25) is 0 Å². The van der Waals surface area contributed by atoms with E-state index >= 15 is 0 Å². The summed E-state index contributed by atoms with van der Waals surface area (Å²) < 4.78 is 38.1. The minimum Gasteiger partial charge on any atom is -0.171 e. The van der Waals surface area contributed by atoms with Crippen LogP contribution in [0, 0.1) is 9.64 Å². The van der Waals surface area contributed by atoms with Crippen LogP contribution in [0.5, 0.6) is 0 Å². The van der Waals surface area contributed by atoms with E-state index in [-0.39, 0.29) is 5.56 Å². The molecule has 0 aliphatic rings. The van der Waals surface area contributed by atoms with Gasteiger partial charge in [0.15, 0.2) is 0 Å². The molecule has 0 unspecified atom stereocenters. The first kappa shape index (κ1) is 14.7. The van der Waals surface area contributed by atoms with Gasteiger partial charge in [-0.25, -0.2) is 0 Å². The van der Waals surface area contributed by atoms with E-state index in [1.54, 1.807) is 30.3 Å². The van der Waals surface area contributed by atoms with Crippen LogP contribution in [0.1, 0.15) is 5.56 Å². The van der Waals surface area contributed by atoms with E-state index in [1.165, 1.54) is 6.07 Å². The average Bonchev–Trinajstić information content (AvgIpc) is 2.30. The fourth-order valence-corrected chi connectivity index (χ4v) is 2.54. The van der Waals surface area contributed by atoms with Crippen molar-refractivity contribution in [2.45, 2.75) is 12.6 Å². The number of benzene rings is 2. The van der Waals surface area contributed by atoms with Gasteiger partial charge in [0.25, 0.3) is 0 Å². The molecule has 0 heterocycles. The first-order valence-corrected chi connectivity index (χ1v) is 6.83. The Morgan fingerprint density at radius 3 is 2.63 bits per heavy atom. The summed E-state index contributed by atoms with van der Waals surface area (Å²) in [7, 11) is 0. The van der Waals surface area contributed by atoms with Gasteiger partial charge in [-0.2, -0.15) is 13.2 Å². The van der Waals surface area contributed by atoms with Crippen molar-refractivity contribution in [1.29, 1.82) is 0 Å². The van der Waals surface area contributed by atoms with Gasteiger partial charge in [0.05, 0.1) is 6.42 Å². The third-order valence-corrected chi connectivity index (χ3v) is 3.62. The van der Waals surface area contributed by atoms with Crippen LogP contribution in [0.4, 0.5) is 13.2 Å². The first-order valence-electron chi connectivity index (χ1n) is 5.38. The van der Waals surface area contributed by atoms with Crippen LogP contribution in [0.15, 0.2) is 36.4 Å². The van der Waals surface area contributed by atoms with Crippen molar-refractivity contribution in [2.24, 2.45) is 0 Å². The predicted octanol–water partition coefficient (Wildman–Crippen LogP) is 5.52. The molecule has 19 heavy (non-hydrogen) atoms. The maximum Gasteiger partial charge on any atom is 0.393 e. The summed E-state index contributed by atoms with van der Waals surface area (Å²) >= 11 is 7.98. The Labute approximate surface area is 127 Å². The molecule has 0 spiro atoms. The molecule has 0 aromatic heterocycles. The van der Waals surface area contributed by atoms with Crippen molar-refractivity contribution < 1.29 is 13.2 Å². The lowest BCUT2D eigenvalue weighted by Crippen LogP contribution is -2.11. The summed E-state index contributed by atoms with van der Waals surface area (Å²) in [5.41, 5.74) is 1.78. The third kappa shape index (κ3) is 4.11. The Morgan fingerprint density at radius 1 is 1.21 bits per heavy atom. The second-order valence-corrected chi connectivity index (χ2v) is 5.60. The fraction of sp³-hybridized carbons (Fsp3) is 0.143. The molecule has 0 amide bonds. The molecular formula is C14H8ClF3I. The van der Waals surface area contributed by atoms with Crippen LogP contribution in [0.25, 0.3) is 11.1 Å². The number of rotatable bonds is 2. The van der Waals surface area contributed by atoms with Crippen molar-refractivity contribution in [3.05, 3.63) is 56.6 Å². The number of hydrogen-bond acceptors (Lipinski definition) is 0. The zero-order chi connectivity index (χ0) is 14.0. The van der Waals surface area contributed by atoms with E-state index in [9.17, 15) is 13.2 Å². The van der Waals surface area contributed by atoms with E-state index in [0.29, 0.717) is 5.02 Å². The summed E-state index contributed by atoms with van der Waals surface area (Å²) in [4.78, 5) is 0. The summed E-state index contributed by atoms with van der Waals surface area (Å²) in [6, 6.07) is 12.7. The Hall–Kier alpha value is -0.750. The largest absolute Gasteiger partial charge is 0.393 e. The molecule has 1 radical (unpaired) electrons. The number of alkyl halides is 3. The minimum atomic E-state index is -4.20. The quantitative estimate of drug-likeness (QED) is 0.588. The Bertz CT molecular complexity index is 593. The summed E-state index contributed by atoms with van der Waals surface area (Å²) in [6.45, 7) is 0. The smallest absolute Gasteiger partial charge is 0.171 e. The molecule has 99 valence electrons. The van der Waals surface area contributed by atoms with Gasteiger partial charge in [-0.3, -0.25) is 0 Å². The maximum atomic E-state index is 12.4. The summed E-state index contributed by atoms with van der Waals surface area (Å²) in [5.74, 6) is 0. The van der Waals surface area contributed by atoms with Gasteiger partial charge >= 0.3 is 6.18 Å². The van der Waals surface area contributed by atoms with E-state index < -0.39 is 12.6 Å². The van der Waals surface area contributed by atoms with Crippen molar-refractivity contribution >= 4 is 34.2 Å². The van der Waals surface area contributed by atoms with Crippen LogP contribution in [-0.4, -0.2) is 6.18 Å². The molecule has 0 fully saturated rings. The topological polar surface area (TPSA) is 0 Å². The number of halogens is 5. The van der Waals surface area contributed by atoms with Crippen LogP contribution in [0.2, 0.25) is 5.02 Å². The SMILES string of the molecule is FC(F)(F)Cc1cccc(-c2cc(Cl)[c]cc2I)c1. The van der Waals surface area contributed by atoms with E-state index in [1.807, 2.05) is 0 Å². The molecule has 0 N–H and O–H groups in total. The van der Waals surface area contributed by atoms with Crippen molar-refractivity contribution in [3.8, 4) is 11.1 Å². The average molecular weight is 396 g/mol. The molecular weight excluding hydrogens is 388 g/mol. The zero-order valence-electron chi connectivity index (χ0n) is 9.56. The van der Waals surface area contributed by atoms with Gasteiger partial charge in [-0.05, 0) is 51.4 Å². The Balaban J connectivity index is 2.40. The predicted molar refractivity (Wildman–Crippen MR) is 78.2 cm³/mol. The van der Waals surface area contributed by atoms with Crippen molar-refractivity contribution in [1.82, 2.24) is 0 Å². The lowest BCUT2D eigenvalue weighted by molar-refractivity contribution is -0.127. The fourth-order valence-electron chi connectivity index (χ4n) is 1.75. The maximum absolute atomic E-state index is 12.4. The molecule has 0 bridgehead atoms. The summed E-state index contributed by atoms with van der Waals surface area (Å²) in [5, 5.41) is 0.441. The molecule has 2 rings (SSSR count). The van der Waals surface area contributed by atoms with Crippen LogP contribution >= 0.6 is 34.2 Å². The van der Waals surface area contributed by atoms with Gasteiger partial charge in [0.1, 0.15) is 0 Å². The molecule has 2 aromatic rings. The van der Waals surface area contributed by atoms with Crippen LogP contribution < -0.4 is 0 Å². The Morgan fingerprint density at radius 2 is 1.95 bits per heavy atom. The molecule has 0 atom stereocenters. The molecule has 0 aliphatic heterocycles. The van der Waals surface area contributed by atoms with E-state index in [4.69, 9.17) is 11.6 Å². The Kier molecular flexibility index (Phi) is 4.40.